The minimum Gasteiger partial charge on any atom is -0.338 e. The van der Waals surface area contributed by atoms with E-state index in [4.69, 9.17) is 0 Å². The fourth-order valence-corrected chi connectivity index (χ4v) is 2.77. The van der Waals surface area contributed by atoms with E-state index < -0.39 is 21.2 Å². The summed E-state index contributed by atoms with van der Waals surface area (Å²) in [6.45, 7) is 0. The molecule has 3 aromatic carbocycles. The van der Waals surface area contributed by atoms with Crippen LogP contribution < -0.4 is 0 Å². The molecule has 0 unspecified atom stereocenters. The van der Waals surface area contributed by atoms with Crippen LogP contribution in [-0.4, -0.2) is 19.8 Å². The Bertz CT molecular complexity index is 1310. The van der Waals surface area contributed by atoms with Gasteiger partial charge in [-0.25, -0.2) is 4.98 Å². The number of nitro groups is 2. The monoisotopic (exact) mass is 416 g/mol. The highest BCUT2D eigenvalue weighted by atomic mass is 16.6. The Morgan fingerprint density at radius 2 is 1.58 bits per heavy atom. The van der Waals surface area contributed by atoms with Crippen LogP contribution >= 0.6 is 0 Å². The topological polar surface area (TPSA) is 164 Å². The van der Waals surface area contributed by atoms with Crippen molar-refractivity contribution < 1.29 is 9.85 Å². The lowest BCUT2D eigenvalue weighted by Gasteiger charge is -1.97. The third kappa shape index (κ3) is 4.27. The van der Waals surface area contributed by atoms with Crippen molar-refractivity contribution in [2.24, 2.45) is 20.7 Å². The van der Waals surface area contributed by atoms with Crippen molar-refractivity contribution in [2.45, 2.75) is 0 Å². The molecule has 0 amide bonds. The Balaban J connectivity index is 1.48. The quantitative estimate of drug-likeness (QED) is 0.237. The SMILES string of the molecule is O=[N+]([O-])c1ccc(N=NN=Nc2ccc(-c3nc4ccccc4[nH]3)cc2)c([N+](=O)[O-])c1. The van der Waals surface area contributed by atoms with Gasteiger partial charge < -0.3 is 4.98 Å². The summed E-state index contributed by atoms with van der Waals surface area (Å²) in [6, 6.07) is 17.7. The summed E-state index contributed by atoms with van der Waals surface area (Å²) in [5, 5.41) is 36.3. The molecule has 12 heteroatoms. The number of imidazole rings is 1. The molecule has 1 aromatic heterocycles. The maximum absolute atomic E-state index is 11.1. The van der Waals surface area contributed by atoms with Gasteiger partial charge in [0.15, 0.2) is 5.69 Å². The van der Waals surface area contributed by atoms with Gasteiger partial charge in [-0.3, -0.25) is 20.2 Å². The van der Waals surface area contributed by atoms with Crippen LogP contribution in [-0.2, 0) is 0 Å². The fraction of sp³-hybridized carbons (Fsp3) is 0. The van der Waals surface area contributed by atoms with Gasteiger partial charge in [-0.15, -0.1) is 10.2 Å². The number of H-pyrrole nitrogens is 1. The van der Waals surface area contributed by atoms with Gasteiger partial charge >= 0.3 is 5.69 Å². The first-order valence-corrected chi connectivity index (χ1v) is 8.81. The molecule has 1 N–H and O–H groups in total. The molecule has 0 atom stereocenters. The normalized spacial score (nSPS) is 11.5. The predicted molar refractivity (Wildman–Crippen MR) is 110 cm³/mol. The number of nitro benzene ring substituents is 2. The van der Waals surface area contributed by atoms with Gasteiger partial charge in [-0.05, 0) is 52.9 Å². The molecule has 4 aromatic rings. The third-order valence-electron chi connectivity index (χ3n) is 4.25. The number of fused-ring (bicyclic) bond motifs is 1. The largest absolute Gasteiger partial charge is 0.338 e. The van der Waals surface area contributed by atoms with Crippen LogP contribution in [0.25, 0.3) is 22.4 Å². The van der Waals surface area contributed by atoms with E-state index in [0.29, 0.717) is 5.69 Å². The molecule has 0 saturated carbocycles. The van der Waals surface area contributed by atoms with Crippen molar-refractivity contribution in [3.63, 3.8) is 0 Å². The van der Waals surface area contributed by atoms with Crippen LogP contribution in [0, 0.1) is 20.2 Å². The first-order valence-electron chi connectivity index (χ1n) is 8.81. The van der Waals surface area contributed by atoms with Gasteiger partial charge in [0.05, 0.1) is 32.6 Å². The number of hydrogen-bond donors (Lipinski definition) is 1. The number of nitrogens with zero attached hydrogens (tertiary/aromatic N) is 7. The molecule has 12 nitrogen and oxygen atoms in total. The highest BCUT2D eigenvalue weighted by molar-refractivity contribution is 5.79. The molecule has 0 bridgehead atoms. The van der Waals surface area contributed by atoms with Crippen molar-refractivity contribution in [1.82, 2.24) is 9.97 Å². The molecule has 0 radical (unpaired) electrons. The van der Waals surface area contributed by atoms with Gasteiger partial charge in [0, 0.05) is 11.6 Å². The number of nitrogens with one attached hydrogen (secondary N) is 1. The van der Waals surface area contributed by atoms with E-state index in [1.54, 1.807) is 12.1 Å². The lowest BCUT2D eigenvalue weighted by Crippen LogP contribution is -1.92. The maximum Gasteiger partial charge on any atom is 0.303 e. The Kier molecular flexibility index (Phi) is 5.17. The number of hydrogen-bond acceptors (Lipinski definition) is 7. The number of non-ortho nitro benzene ring substituents is 1. The number of para-hydroxylation sites is 2. The van der Waals surface area contributed by atoms with E-state index in [0.717, 1.165) is 40.6 Å². The average Bonchev–Trinajstić information content (AvgIpc) is 3.21. The second-order valence-corrected chi connectivity index (χ2v) is 6.22. The summed E-state index contributed by atoms with van der Waals surface area (Å²) in [5.74, 6) is 0.717. The zero-order valence-electron chi connectivity index (χ0n) is 15.6. The Morgan fingerprint density at radius 3 is 2.29 bits per heavy atom. The molecule has 1 heterocycles. The summed E-state index contributed by atoms with van der Waals surface area (Å²) < 4.78 is 0. The summed E-state index contributed by atoms with van der Waals surface area (Å²) >= 11 is 0. The molecule has 0 fully saturated rings. The van der Waals surface area contributed by atoms with E-state index in [2.05, 4.69) is 30.6 Å². The van der Waals surface area contributed by atoms with Gasteiger partial charge in [-0.1, -0.05) is 12.1 Å². The summed E-state index contributed by atoms with van der Waals surface area (Å²) in [6.07, 6.45) is 0. The lowest BCUT2D eigenvalue weighted by molar-refractivity contribution is -0.393. The van der Waals surface area contributed by atoms with Crippen LogP contribution in [0.2, 0.25) is 0 Å². The van der Waals surface area contributed by atoms with Crippen molar-refractivity contribution in [3.8, 4) is 11.4 Å². The van der Waals surface area contributed by atoms with Gasteiger partial charge in [0.25, 0.3) is 5.69 Å². The molecular weight excluding hydrogens is 404 g/mol. The van der Waals surface area contributed by atoms with Crippen LogP contribution in [0.3, 0.4) is 0 Å². The zero-order valence-corrected chi connectivity index (χ0v) is 15.6. The molecule has 0 aliphatic heterocycles. The Labute approximate surface area is 173 Å². The van der Waals surface area contributed by atoms with E-state index in [1.807, 2.05) is 36.4 Å². The Hall–Kier alpha value is -4.87. The molecular formula is C19H12N8O4. The second kappa shape index (κ2) is 8.24. The van der Waals surface area contributed by atoms with Crippen molar-refractivity contribution in [2.75, 3.05) is 0 Å². The second-order valence-electron chi connectivity index (χ2n) is 6.22. The first kappa shape index (κ1) is 19.4. The van der Waals surface area contributed by atoms with Crippen molar-refractivity contribution in [3.05, 3.63) is 87.0 Å². The molecule has 152 valence electrons. The highest BCUT2D eigenvalue weighted by Gasteiger charge is 2.19. The molecule has 0 saturated heterocycles. The molecule has 31 heavy (non-hydrogen) atoms. The standard InChI is InChI=1S/C19H12N8O4/c28-26(29)14-9-10-17(18(11-14)27(30)31)23-25-24-22-13-7-5-12(6-8-13)19-20-15-3-1-2-4-16(15)21-19/h1-11H,(H,20,21). The highest BCUT2D eigenvalue weighted by Crippen LogP contribution is 2.31. The van der Waals surface area contributed by atoms with Crippen molar-refractivity contribution >= 4 is 33.8 Å². The van der Waals surface area contributed by atoms with Crippen LogP contribution in [0.15, 0.2) is 87.4 Å². The van der Waals surface area contributed by atoms with E-state index in [-0.39, 0.29) is 5.69 Å². The van der Waals surface area contributed by atoms with Crippen LogP contribution in [0.5, 0.6) is 0 Å². The number of benzene rings is 3. The third-order valence-corrected chi connectivity index (χ3v) is 4.25. The van der Waals surface area contributed by atoms with E-state index in [1.165, 1.54) is 0 Å². The molecule has 0 aliphatic rings. The molecule has 0 spiro atoms. The molecule has 0 aliphatic carbocycles. The van der Waals surface area contributed by atoms with E-state index >= 15 is 0 Å². The minimum atomic E-state index is -0.782. The van der Waals surface area contributed by atoms with Crippen LogP contribution in [0.1, 0.15) is 0 Å². The average molecular weight is 416 g/mol. The number of aromatic nitrogens is 2. The molecule has 4 rings (SSSR count). The maximum atomic E-state index is 11.1. The summed E-state index contributed by atoms with van der Waals surface area (Å²) in [7, 11) is 0. The lowest BCUT2D eigenvalue weighted by atomic mass is 10.2. The Morgan fingerprint density at radius 1 is 0.839 bits per heavy atom. The predicted octanol–water partition coefficient (Wildman–Crippen LogP) is 5.83. The van der Waals surface area contributed by atoms with Crippen LogP contribution in [0.4, 0.5) is 22.7 Å². The van der Waals surface area contributed by atoms with Gasteiger partial charge in [-0.2, -0.15) is 0 Å². The van der Waals surface area contributed by atoms with Crippen molar-refractivity contribution in [1.29, 1.82) is 0 Å². The number of aromatic amines is 1. The summed E-state index contributed by atoms with van der Waals surface area (Å²) in [4.78, 5) is 28.1. The zero-order chi connectivity index (χ0) is 21.8. The first-order chi connectivity index (χ1) is 15.0. The van der Waals surface area contributed by atoms with Gasteiger partial charge in [0.2, 0.25) is 0 Å². The smallest absolute Gasteiger partial charge is 0.303 e. The minimum absolute atomic E-state index is 0.171. The number of rotatable bonds is 6. The van der Waals surface area contributed by atoms with Gasteiger partial charge in [0.1, 0.15) is 5.82 Å². The van der Waals surface area contributed by atoms with E-state index in [9.17, 15) is 20.2 Å². The summed E-state index contributed by atoms with van der Waals surface area (Å²) in [5.41, 5.74) is 1.99. The fourth-order valence-electron chi connectivity index (χ4n) is 2.77.